The maximum Gasteiger partial charge on any atom is 0.270 e. The van der Waals surface area contributed by atoms with Gasteiger partial charge < -0.3 is 0 Å². The molecule has 18 heteroatoms. The van der Waals surface area contributed by atoms with Crippen LogP contribution in [0.4, 0.5) is 11.4 Å². The molecule has 4 amide bonds. The van der Waals surface area contributed by atoms with Crippen LogP contribution in [0.15, 0.2) is 70.6 Å². The fourth-order valence-electron chi connectivity index (χ4n) is 5.96. The highest BCUT2D eigenvalue weighted by Gasteiger charge is 2.36. The zero-order valence-electron chi connectivity index (χ0n) is 27.2. The number of carbonyl (C=O) groups excluding carboxylic acids is 4. The number of nitrogens with zero attached hydrogens (tertiary/aromatic N) is 6. The number of hydrogen-bond donors (Lipinski definition) is 1. The molecule has 0 bridgehead atoms. The van der Waals surface area contributed by atoms with Crippen LogP contribution in [-0.4, -0.2) is 101 Å². The Morgan fingerprint density at radius 2 is 1.00 bits per heavy atom. The molecule has 4 aromatic rings. The molecule has 2 aliphatic rings. The first-order valence-electron chi connectivity index (χ1n) is 15.0. The maximum atomic E-state index is 13.5. The average Bonchev–Trinajstić information content (AvgIpc) is 3.08. The predicted octanol–water partition coefficient (Wildman–Crippen LogP) is 4.13. The van der Waals surface area contributed by atoms with Crippen molar-refractivity contribution in [3.63, 3.8) is 0 Å². The predicted molar refractivity (Wildman–Crippen MR) is 185 cm³/mol. The Hall–Kier alpha value is -6.27. The molecular formula is C33H28N6O11S. The minimum absolute atomic E-state index is 0.0447. The van der Waals surface area contributed by atoms with Crippen molar-refractivity contribution < 1.29 is 42.0 Å². The first-order chi connectivity index (χ1) is 24.0. The van der Waals surface area contributed by atoms with Gasteiger partial charge in [0.2, 0.25) is 0 Å². The molecule has 0 spiro atoms. The quantitative estimate of drug-likeness (QED) is 0.0849. The third-order valence-corrected chi connectivity index (χ3v) is 8.26. The van der Waals surface area contributed by atoms with Gasteiger partial charge in [-0.2, -0.15) is 8.42 Å². The molecule has 0 unspecified atom stereocenters. The lowest BCUT2D eigenvalue weighted by Crippen LogP contribution is -2.44. The van der Waals surface area contributed by atoms with E-state index in [4.69, 9.17) is 4.55 Å². The summed E-state index contributed by atoms with van der Waals surface area (Å²) in [5.41, 5.74) is 0.900. The fraction of sp³-hybridized carbons (Fsp3) is 0.212. The van der Waals surface area contributed by atoms with Crippen molar-refractivity contribution in [2.24, 2.45) is 9.98 Å². The van der Waals surface area contributed by atoms with Crippen LogP contribution in [0.3, 0.4) is 0 Å². The number of carbonyl (C=O) groups is 4. The standard InChI is InChI=1S/C32H24N6O8.CH4O3S/c1-33-19(15-35-29(39)23-7-3-5-17-11-21(37(43)44)13-25(27(17)23)31(35)41)9-10-20(34-2)16-36-30(40)24-8-4-6-18-12-22(38(45)46)14-26(28(18)24)32(36)42;1-5(2,3)4/h3-8,11-14H,9-10,15-16H2,1-2H3;1H3,(H,2,3,4). The molecule has 0 aliphatic carbocycles. The third kappa shape index (κ3) is 7.22. The van der Waals surface area contributed by atoms with E-state index in [0.717, 1.165) is 21.9 Å². The van der Waals surface area contributed by atoms with E-state index in [1.807, 2.05) is 0 Å². The van der Waals surface area contributed by atoms with E-state index < -0.39 is 43.6 Å². The Morgan fingerprint density at radius 1 is 0.667 bits per heavy atom. The van der Waals surface area contributed by atoms with Crippen molar-refractivity contribution in [1.82, 2.24) is 9.80 Å². The highest BCUT2D eigenvalue weighted by Crippen LogP contribution is 2.35. The molecule has 0 fully saturated rings. The Balaban J connectivity index is 0.000000943. The summed E-state index contributed by atoms with van der Waals surface area (Å²) in [5.74, 6) is -2.49. The third-order valence-electron chi connectivity index (χ3n) is 8.26. The highest BCUT2D eigenvalue weighted by molar-refractivity contribution is 7.85. The molecule has 6 rings (SSSR count). The van der Waals surface area contributed by atoms with Crippen molar-refractivity contribution in [3.05, 3.63) is 103 Å². The van der Waals surface area contributed by atoms with E-state index in [9.17, 15) is 47.8 Å². The Labute approximate surface area is 288 Å². The molecule has 0 radical (unpaired) electrons. The lowest BCUT2D eigenvalue weighted by Gasteiger charge is -2.28. The number of benzene rings is 4. The largest absolute Gasteiger partial charge is 0.296 e. The summed E-state index contributed by atoms with van der Waals surface area (Å²) in [4.78, 5) is 86.2. The molecule has 1 N–H and O–H groups in total. The van der Waals surface area contributed by atoms with E-state index >= 15 is 0 Å². The van der Waals surface area contributed by atoms with Crippen LogP contribution < -0.4 is 0 Å². The van der Waals surface area contributed by atoms with Gasteiger partial charge in [0, 0.05) is 71.7 Å². The second-order valence-corrected chi connectivity index (χ2v) is 13.0. The molecule has 2 aliphatic heterocycles. The zero-order chi connectivity index (χ0) is 37.4. The SMILES string of the molecule is CN=C(CCC(CN1C(=O)c2cccc3cc([N+](=O)[O-])cc(c23)C1=O)=NC)CN1C(=O)c2cccc3cc([N+](=O)[O-])cc(c23)C1=O.CS(=O)(=O)O. The number of hydrogen-bond acceptors (Lipinski definition) is 12. The first-order valence-corrected chi connectivity index (χ1v) is 16.8. The van der Waals surface area contributed by atoms with Crippen LogP contribution in [0.2, 0.25) is 0 Å². The van der Waals surface area contributed by atoms with Gasteiger partial charge in [0.15, 0.2) is 0 Å². The second-order valence-electron chi connectivity index (χ2n) is 11.5. The molecule has 0 atom stereocenters. The summed E-state index contributed by atoms with van der Waals surface area (Å²) in [5, 5.41) is 24.6. The van der Waals surface area contributed by atoms with Gasteiger partial charge in [0.05, 0.1) is 40.3 Å². The zero-order valence-corrected chi connectivity index (χ0v) is 28.0. The van der Waals surface area contributed by atoms with Crippen molar-refractivity contribution in [3.8, 4) is 0 Å². The van der Waals surface area contributed by atoms with Crippen molar-refractivity contribution in [2.75, 3.05) is 33.4 Å². The van der Waals surface area contributed by atoms with Gasteiger partial charge in [-0.25, -0.2) is 0 Å². The molecular weight excluding hydrogens is 688 g/mol. The molecule has 17 nitrogen and oxygen atoms in total. The summed E-state index contributed by atoms with van der Waals surface area (Å²) in [6.07, 6.45) is 1.13. The fourth-order valence-corrected chi connectivity index (χ4v) is 5.96. The minimum atomic E-state index is -3.67. The van der Waals surface area contributed by atoms with Crippen LogP contribution in [0, 0.1) is 20.2 Å². The van der Waals surface area contributed by atoms with Gasteiger partial charge in [-0.15, -0.1) is 0 Å². The number of aliphatic imine (C=N–C) groups is 2. The maximum absolute atomic E-state index is 13.5. The smallest absolute Gasteiger partial charge is 0.270 e. The molecule has 0 aromatic heterocycles. The van der Waals surface area contributed by atoms with Crippen LogP contribution in [0.25, 0.3) is 21.5 Å². The van der Waals surface area contributed by atoms with E-state index in [1.165, 1.54) is 26.2 Å². The second kappa shape index (κ2) is 13.9. The first kappa shape index (κ1) is 36.0. The number of nitro groups is 2. The van der Waals surface area contributed by atoms with Crippen molar-refractivity contribution in [1.29, 1.82) is 0 Å². The summed E-state index contributed by atoms with van der Waals surface area (Å²) < 4.78 is 25.9. The Bertz CT molecular complexity index is 2230. The molecule has 4 aromatic carbocycles. The highest BCUT2D eigenvalue weighted by atomic mass is 32.2. The van der Waals surface area contributed by atoms with Crippen LogP contribution in [-0.2, 0) is 10.1 Å². The van der Waals surface area contributed by atoms with Crippen LogP contribution >= 0.6 is 0 Å². The summed E-state index contributed by atoms with van der Waals surface area (Å²) in [6, 6.07) is 14.5. The molecule has 51 heavy (non-hydrogen) atoms. The summed E-state index contributed by atoms with van der Waals surface area (Å²) in [7, 11) is -0.669. The van der Waals surface area contributed by atoms with E-state index in [-0.39, 0.29) is 59.6 Å². The number of non-ortho nitro benzene ring substituents is 2. The average molecular weight is 717 g/mol. The normalized spacial score (nSPS) is 14.6. The van der Waals surface area contributed by atoms with Gasteiger partial charge in [0.1, 0.15) is 0 Å². The van der Waals surface area contributed by atoms with Gasteiger partial charge in [-0.05, 0) is 35.7 Å². The Kier molecular flexibility index (Phi) is 9.83. The lowest BCUT2D eigenvalue weighted by molar-refractivity contribution is -0.384. The topological polar surface area (TPSA) is 240 Å². The van der Waals surface area contributed by atoms with Gasteiger partial charge in [0.25, 0.3) is 45.1 Å². The lowest BCUT2D eigenvalue weighted by atomic mass is 9.93. The van der Waals surface area contributed by atoms with Crippen LogP contribution in [0.1, 0.15) is 54.3 Å². The number of imide groups is 2. The van der Waals surface area contributed by atoms with Gasteiger partial charge >= 0.3 is 0 Å². The van der Waals surface area contributed by atoms with E-state index in [1.54, 1.807) is 36.4 Å². The van der Waals surface area contributed by atoms with E-state index in [2.05, 4.69) is 9.98 Å². The molecule has 262 valence electrons. The van der Waals surface area contributed by atoms with Crippen molar-refractivity contribution >= 4 is 78.1 Å². The van der Waals surface area contributed by atoms with Crippen molar-refractivity contribution in [2.45, 2.75) is 12.8 Å². The summed E-state index contributed by atoms with van der Waals surface area (Å²) in [6.45, 7) is -0.380. The number of amides is 4. The Morgan fingerprint density at radius 3 is 1.31 bits per heavy atom. The summed E-state index contributed by atoms with van der Waals surface area (Å²) >= 11 is 0. The van der Waals surface area contributed by atoms with Gasteiger partial charge in [-0.3, -0.25) is 63.7 Å². The van der Waals surface area contributed by atoms with Crippen LogP contribution in [0.5, 0.6) is 0 Å². The molecule has 0 saturated heterocycles. The monoisotopic (exact) mass is 716 g/mol. The molecule has 0 saturated carbocycles. The van der Waals surface area contributed by atoms with Gasteiger partial charge in [-0.1, -0.05) is 24.3 Å². The minimum Gasteiger partial charge on any atom is -0.296 e. The molecule has 2 heterocycles. The van der Waals surface area contributed by atoms with E-state index in [0.29, 0.717) is 39.2 Å². The number of rotatable bonds is 9. The number of nitro benzene ring substituents is 2.